The van der Waals surface area contributed by atoms with Crippen LogP contribution in [0.5, 0.6) is 5.75 Å². The summed E-state index contributed by atoms with van der Waals surface area (Å²) < 4.78 is 41.8. The smallest absolute Gasteiger partial charge is 0.387 e. The van der Waals surface area contributed by atoms with Crippen LogP contribution in [0.15, 0.2) is 12.1 Å². The standard InChI is InChI=1S/C13H18F3N3O2/c1-4-19(3)12(20)7(2)18-10-6-11(21-13(15)16)8(14)5-9(10)17/h5-7,13,18H,4,17H2,1-3H3. The lowest BCUT2D eigenvalue weighted by Crippen LogP contribution is -2.39. The number of ether oxygens (including phenoxy) is 1. The molecule has 118 valence electrons. The summed E-state index contributed by atoms with van der Waals surface area (Å²) in [6.45, 7) is 0.765. The summed E-state index contributed by atoms with van der Waals surface area (Å²) in [4.78, 5) is 13.4. The highest BCUT2D eigenvalue weighted by Gasteiger charge is 2.19. The lowest BCUT2D eigenvalue weighted by atomic mass is 10.2. The zero-order valence-corrected chi connectivity index (χ0v) is 12.0. The number of hydrogen-bond donors (Lipinski definition) is 2. The second-order valence-electron chi connectivity index (χ2n) is 4.47. The molecular formula is C13H18F3N3O2. The summed E-state index contributed by atoms with van der Waals surface area (Å²) in [6.07, 6.45) is 0. The maximum atomic E-state index is 13.4. The van der Waals surface area contributed by atoms with Crippen molar-refractivity contribution in [2.45, 2.75) is 26.5 Å². The van der Waals surface area contributed by atoms with E-state index in [9.17, 15) is 18.0 Å². The van der Waals surface area contributed by atoms with Crippen LogP contribution in [0.4, 0.5) is 24.5 Å². The van der Waals surface area contributed by atoms with Crippen LogP contribution in [0.2, 0.25) is 0 Å². The molecule has 0 aliphatic rings. The van der Waals surface area contributed by atoms with Crippen molar-refractivity contribution in [3.05, 3.63) is 17.9 Å². The molecule has 0 radical (unpaired) electrons. The minimum absolute atomic E-state index is 0.00656. The van der Waals surface area contributed by atoms with E-state index in [0.717, 1.165) is 12.1 Å². The first-order valence-corrected chi connectivity index (χ1v) is 6.31. The number of nitrogen functional groups attached to an aromatic ring is 1. The molecule has 5 nitrogen and oxygen atoms in total. The van der Waals surface area contributed by atoms with Gasteiger partial charge in [0.1, 0.15) is 6.04 Å². The van der Waals surface area contributed by atoms with E-state index in [1.807, 2.05) is 6.92 Å². The van der Waals surface area contributed by atoms with Crippen molar-refractivity contribution >= 4 is 17.3 Å². The fraction of sp³-hybridized carbons (Fsp3) is 0.462. The van der Waals surface area contributed by atoms with Crippen molar-refractivity contribution in [3.8, 4) is 5.75 Å². The summed E-state index contributed by atoms with van der Waals surface area (Å²) in [5, 5.41) is 2.76. The van der Waals surface area contributed by atoms with Crippen LogP contribution >= 0.6 is 0 Å². The molecule has 0 aliphatic carbocycles. The van der Waals surface area contributed by atoms with E-state index < -0.39 is 24.2 Å². The number of rotatable bonds is 6. The van der Waals surface area contributed by atoms with E-state index >= 15 is 0 Å². The lowest BCUT2D eigenvalue weighted by molar-refractivity contribution is -0.130. The number of anilines is 2. The largest absolute Gasteiger partial charge is 0.432 e. The summed E-state index contributed by atoms with van der Waals surface area (Å²) >= 11 is 0. The first kappa shape index (κ1) is 16.9. The molecule has 0 spiro atoms. The molecule has 0 saturated heterocycles. The average molecular weight is 305 g/mol. The third-order valence-corrected chi connectivity index (χ3v) is 2.91. The molecule has 1 unspecified atom stereocenters. The zero-order valence-electron chi connectivity index (χ0n) is 12.0. The van der Waals surface area contributed by atoms with Gasteiger partial charge in [-0.25, -0.2) is 4.39 Å². The van der Waals surface area contributed by atoms with Crippen molar-refractivity contribution in [2.24, 2.45) is 0 Å². The monoisotopic (exact) mass is 305 g/mol. The molecule has 0 aliphatic heterocycles. The fourth-order valence-electron chi connectivity index (χ4n) is 1.66. The number of likely N-dealkylation sites (N-methyl/N-ethyl adjacent to an activating group) is 1. The molecule has 0 heterocycles. The fourth-order valence-corrected chi connectivity index (χ4v) is 1.66. The van der Waals surface area contributed by atoms with Crippen LogP contribution in [0, 0.1) is 5.82 Å². The van der Waals surface area contributed by atoms with Gasteiger partial charge in [-0.15, -0.1) is 0 Å². The van der Waals surface area contributed by atoms with Crippen molar-refractivity contribution in [1.82, 2.24) is 4.90 Å². The Labute approximate surface area is 120 Å². The van der Waals surface area contributed by atoms with Gasteiger partial charge in [0.2, 0.25) is 5.91 Å². The third kappa shape index (κ3) is 4.44. The summed E-state index contributed by atoms with van der Waals surface area (Å²) in [6, 6.07) is 1.22. The van der Waals surface area contributed by atoms with E-state index in [1.165, 1.54) is 4.90 Å². The molecular weight excluding hydrogens is 287 g/mol. The number of alkyl halides is 2. The molecule has 1 rings (SSSR count). The Morgan fingerprint density at radius 2 is 2.10 bits per heavy atom. The van der Waals surface area contributed by atoms with E-state index in [4.69, 9.17) is 5.73 Å². The number of carbonyl (C=O) groups is 1. The molecule has 0 aromatic heterocycles. The van der Waals surface area contributed by atoms with E-state index in [1.54, 1.807) is 14.0 Å². The van der Waals surface area contributed by atoms with Crippen molar-refractivity contribution < 1.29 is 22.7 Å². The van der Waals surface area contributed by atoms with Gasteiger partial charge in [0.05, 0.1) is 11.4 Å². The van der Waals surface area contributed by atoms with E-state index in [2.05, 4.69) is 10.1 Å². The van der Waals surface area contributed by atoms with Gasteiger partial charge in [-0.05, 0) is 13.8 Å². The third-order valence-electron chi connectivity index (χ3n) is 2.91. The highest BCUT2D eigenvalue weighted by Crippen LogP contribution is 2.29. The van der Waals surface area contributed by atoms with Crippen molar-refractivity contribution in [3.63, 3.8) is 0 Å². The lowest BCUT2D eigenvalue weighted by Gasteiger charge is -2.22. The normalized spacial score (nSPS) is 12.1. The van der Waals surface area contributed by atoms with Gasteiger partial charge in [-0.3, -0.25) is 4.79 Å². The molecule has 0 bridgehead atoms. The Hall–Kier alpha value is -2.12. The van der Waals surface area contributed by atoms with Gasteiger partial charge in [-0.2, -0.15) is 8.78 Å². The molecule has 8 heteroatoms. The first-order valence-electron chi connectivity index (χ1n) is 6.31. The van der Waals surface area contributed by atoms with Crippen LogP contribution in [-0.2, 0) is 4.79 Å². The Bertz CT molecular complexity index is 512. The first-order chi connectivity index (χ1) is 9.76. The number of nitrogens with two attached hydrogens (primary N) is 1. The maximum Gasteiger partial charge on any atom is 0.387 e. The molecule has 1 atom stereocenters. The highest BCUT2D eigenvalue weighted by atomic mass is 19.3. The molecule has 0 fully saturated rings. The number of benzene rings is 1. The zero-order chi connectivity index (χ0) is 16.2. The quantitative estimate of drug-likeness (QED) is 0.791. The summed E-state index contributed by atoms with van der Waals surface area (Å²) in [5.41, 5.74) is 5.75. The number of halogens is 3. The van der Waals surface area contributed by atoms with E-state index in [-0.39, 0.29) is 17.3 Å². The Balaban J connectivity index is 2.95. The van der Waals surface area contributed by atoms with Gasteiger partial charge in [0, 0.05) is 25.7 Å². The second kappa shape index (κ2) is 7.05. The number of amides is 1. The van der Waals surface area contributed by atoms with Crippen molar-refractivity contribution in [1.29, 1.82) is 0 Å². The maximum absolute atomic E-state index is 13.4. The molecule has 1 aromatic rings. The van der Waals surface area contributed by atoms with Gasteiger partial charge in [-0.1, -0.05) is 0 Å². The van der Waals surface area contributed by atoms with Crippen LogP contribution in [0.25, 0.3) is 0 Å². The predicted molar refractivity (Wildman–Crippen MR) is 73.8 cm³/mol. The number of hydrogen-bond acceptors (Lipinski definition) is 4. The summed E-state index contributed by atoms with van der Waals surface area (Å²) in [7, 11) is 1.62. The Morgan fingerprint density at radius 1 is 1.48 bits per heavy atom. The van der Waals surface area contributed by atoms with Gasteiger partial charge < -0.3 is 20.7 Å². The number of nitrogens with zero attached hydrogens (tertiary/aromatic N) is 1. The molecule has 0 saturated carbocycles. The average Bonchev–Trinajstić information content (AvgIpc) is 2.41. The number of nitrogens with one attached hydrogen (secondary N) is 1. The van der Waals surface area contributed by atoms with E-state index in [0.29, 0.717) is 6.54 Å². The molecule has 21 heavy (non-hydrogen) atoms. The molecule has 3 N–H and O–H groups in total. The summed E-state index contributed by atoms with van der Waals surface area (Å²) in [5.74, 6) is -1.84. The van der Waals surface area contributed by atoms with Gasteiger partial charge >= 0.3 is 6.61 Å². The number of carbonyl (C=O) groups excluding carboxylic acids is 1. The van der Waals surface area contributed by atoms with Gasteiger partial charge in [0.25, 0.3) is 0 Å². The Morgan fingerprint density at radius 3 is 2.62 bits per heavy atom. The highest BCUT2D eigenvalue weighted by molar-refractivity contribution is 5.85. The van der Waals surface area contributed by atoms with Crippen LogP contribution in [0.1, 0.15) is 13.8 Å². The minimum atomic E-state index is -3.15. The Kier molecular flexibility index (Phi) is 5.69. The van der Waals surface area contributed by atoms with Crippen LogP contribution in [0.3, 0.4) is 0 Å². The molecule has 1 aromatic carbocycles. The SMILES string of the molecule is CCN(C)C(=O)C(C)Nc1cc(OC(F)F)c(F)cc1N. The molecule has 1 amide bonds. The minimum Gasteiger partial charge on any atom is -0.432 e. The van der Waals surface area contributed by atoms with Crippen molar-refractivity contribution in [2.75, 3.05) is 24.6 Å². The van der Waals surface area contributed by atoms with Gasteiger partial charge in [0.15, 0.2) is 11.6 Å². The predicted octanol–water partition coefficient (Wildman–Crippen LogP) is 2.29. The van der Waals surface area contributed by atoms with Crippen LogP contribution in [-0.4, -0.2) is 37.1 Å². The topological polar surface area (TPSA) is 67.6 Å². The second-order valence-corrected chi connectivity index (χ2v) is 4.47. The van der Waals surface area contributed by atoms with Crippen LogP contribution < -0.4 is 15.8 Å².